The maximum atomic E-state index is 5.34. The van der Waals surface area contributed by atoms with Gasteiger partial charge in [-0.2, -0.15) is 0 Å². The van der Waals surface area contributed by atoms with Gasteiger partial charge in [0.05, 0.1) is 0 Å². The molecule has 0 spiro atoms. The molecule has 0 heterocycles. The van der Waals surface area contributed by atoms with Crippen LogP contribution >= 0.6 is 12.2 Å². The average molecular weight is 280 g/mol. The number of thiocarbonyl (C=S) groups is 1. The van der Waals surface area contributed by atoms with Crippen LogP contribution in [0.1, 0.15) is 31.4 Å². The molecule has 0 aliphatic heterocycles. The summed E-state index contributed by atoms with van der Waals surface area (Å²) in [5.74, 6) is 0. The molecule has 0 aromatic heterocycles. The Morgan fingerprint density at radius 3 is 2.37 bits per heavy atom. The van der Waals surface area contributed by atoms with Crippen LogP contribution in [-0.4, -0.2) is 25.4 Å². The van der Waals surface area contributed by atoms with E-state index >= 15 is 0 Å². The van der Waals surface area contributed by atoms with Gasteiger partial charge in [0.2, 0.25) is 0 Å². The molecule has 4 heteroatoms. The number of methoxy groups -OCH3 is 1. The molecule has 1 aromatic carbocycles. The number of nitrogens with one attached hydrogen (secondary N) is 2. The maximum Gasteiger partial charge on any atom is 0.170 e. The number of aryl methyl sites for hydroxylation is 2. The molecule has 0 fully saturated rings. The van der Waals surface area contributed by atoms with Crippen molar-refractivity contribution in [2.24, 2.45) is 0 Å². The molecule has 0 atom stereocenters. The van der Waals surface area contributed by atoms with Gasteiger partial charge >= 0.3 is 0 Å². The van der Waals surface area contributed by atoms with E-state index in [2.05, 4.69) is 42.7 Å². The van der Waals surface area contributed by atoms with E-state index in [4.69, 9.17) is 17.0 Å². The molecule has 0 saturated heterocycles. The normalized spacial score (nSPS) is 10.3. The molecule has 0 saturated carbocycles. The van der Waals surface area contributed by atoms with Crippen LogP contribution in [0.15, 0.2) is 18.2 Å². The summed E-state index contributed by atoms with van der Waals surface area (Å²) in [5.41, 5.74) is 3.78. The number of rotatable bonds is 7. The summed E-state index contributed by atoms with van der Waals surface area (Å²) in [6, 6.07) is 6.40. The molecule has 19 heavy (non-hydrogen) atoms. The van der Waals surface area contributed by atoms with Gasteiger partial charge in [0, 0.05) is 25.9 Å². The quantitative estimate of drug-likeness (QED) is 0.594. The SMILES string of the molecule is CCc1cccc(CC)c1NC(=S)NCCCOC. The Balaban J connectivity index is 2.62. The van der Waals surface area contributed by atoms with Crippen molar-refractivity contribution < 1.29 is 4.74 Å². The molecular weight excluding hydrogens is 256 g/mol. The van der Waals surface area contributed by atoms with Crippen molar-refractivity contribution >= 4 is 23.0 Å². The minimum absolute atomic E-state index is 0.687. The number of anilines is 1. The van der Waals surface area contributed by atoms with Crippen LogP contribution in [0.4, 0.5) is 5.69 Å². The lowest BCUT2D eigenvalue weighted by Crippen LogP contribution is -2.30. The predicted molar refractivity (Wildman–Crippen MR) is 85.9 cm³/mol. The topological polar surface area (TPSA) is 33.3 Å². The van der Waals surface area contributed by atoms with Gasteiger partial charge in [-0.05, 0) is 42.6 Å². The summed E-state index contributed by atoms with van der Waals surface area (Å²) in [6.45, 7) is 5.90. The van der Waals surface area contributed by atoms with Gasteiger partial charge in [-0.15, -0.1) is 0 Å². The van der Waals surface area contributed by atoms with E-state index in [9.17, 15) is 0 Å². The van der Waals surface area contributed by atoms with Crippen molar-refractivity contribution in [3.63, 3.8) is 0 Å². The third-order valence-corrected chi connectivity index (χ3v) is 3.29. The van der Waals surface area contributed by atoms with Crippen molar-refractivity contribution in [3.8, 4) is 0 Å². The van der Waals surface area contributed by atoms with Crippen molar-refractivity contribution in [3.05, 3.63) is 29.3 Å². The van der Waals surface area contributed by atoms with Crippen molar-refractivity contribution in [1.29, 1.82) is 0 Å². The Hall–Kier alpha value is -1.13. The van der Waals surface area contributed by atoms with Crippen LogP contribution in [-0.2, 0) is 17.6 Å². The van der Waals surface area contributed by atoms with Crippen molar-refractivity contribution in [2.75, 3.05) is 25.6 Å². The minimum Gasteiger partial charge on any atom is -0.385 e. The van der Waals surface area contributed by atoms with Crippen LogP contribution < -0.4 is 10.6 Å². The highest BCUT2D eigenvalue weighted by molar-refractivity contribution is 7.80. The summed E-state index contributed by atoms with van der Waals surface area (Å²) in [7, 11) is 1.71. The molecule has 0 radical (unpaired) electrons. The lowest BCUT2D eigenvalue weighted by Gasteiger charge is -2.16. The van der Waals surface area contributed by atoms with Gasteiger partial charge in [-0.3, -0.25) is 0 Å². The van der Waals surface area contributed by atoms with Crippen molar-refractivity contribution in [2.45, 2.75) is 33.1 Å². The lowest BCUT2D eigenvalue weighted by atomic mass is 10.0. The van der Waals surface area contributed by atoms with Crippen LogP contribution in [0.25, 0.3) is 0 Å². The highest BCUT2D eigenvalue weighted by Gasteiger charge is 2.07. The second-order valence-electron chi connectivity index (χ2n) is 4.39. The Morgan fingerprint density at radius 2 is 1.84 bits per heavy atom. The van der Waals surface area contributed by atoms with E-state index in [1.807, 2.05) is 0 Å². The van der Waals surface area contributed by atoms with Crippen molar-refractivity contribution in [1.82, 2.24) is 5.32 Å². The summed E-state index contributed by atoms with van der Waals surface area (Å²) in [6.07, 6.45) is 2.96. The van der Waals surface area contributed by atoms with E-state index in [1.54, 1.807) is 7.11 Å². The second-order valence-corrected chi connectivity index (χ2v) is 4.79. The Bertz CT molecular complexity index is 385. The fourth-order valence-electron chi connectivity index (χ4n) is 1.98. The molecule has 0 bridgehead atoms. The number of hydrogen-bond donors (Lipinski definition) is 2. The first-order valence-electron chi connectivity index (χ1n) is 6.87. The molecule has 3 nitrogen and oxygen atoms in total. The Labute approximate surface area is 121 Å². The standard InChI is InChI=1S/C15H24N2OS/c1-4-12-8-6-9-13(5-2)14(12)17-15(19)16-10-7-11-18-3/h6,8-9H,4-5,7,10-11H2,1-3H3,(H2,16,17,19). The zero-order chi connectivity index (χ0) is 14.1. The van der Waals surface area contributed by atoms with Gasteiger partial charge in [0.1, 0.15) is 0 Å². The molecular formula is C15H24N2OS. The smallest absolute Gasteiger partial charge is 0.170 e. The molecule has 0 aliphatic rings. The Kier molecular flexibility index (Phi) is 7.45. The Morgan fingerprint density at radius 1 is 1.21 bits per heavy atom. The number of benzene rings is 1. The number of ether oxygens (including phenoxy) is 1. The molecule has 0 aliphatic carbocycles. The zero-order valence-corrected chi connectivity index (χ0v) is 12.9. The third kappa shape index (κ3) is 5.17. The van der Waals surface area contributed by atoms with Crippen LogP contribution in [0.5, 0.6) is 0 Å². The highest BCUT2D eigenvalue weighted by Crippen LogP contribution is 2.22. The second kappa shape index (κ2) is 8.88. The van der Waals surface area contributed by atoms with E-state index in [0.717, 1.165) is 38.1 Å². The number of hydrogen-bond acceptors (Lipinski definition) is 2. The minimum atomic E-state index is 0.687. The first-order chi connectivity index (χ1) is 9.22. The van der Waals surface area contributed by atoms with E-state index in [1.165, 1.54) is 11.1 Å². The van der Waals surface area contributed by atoms with Gasteiger partial charge in [0.15, 0.2) is 5.11 Å². The zero-order valence-electron chi connectivity index (χ0n) is 12.1. The predicted octanol–water partition coefficient (Wildman–Crippen LogP) is 3.13. The first kappa shape index (κ1) is 15.9. The summed E-state index contributed by atoms with van der Waals surface area (Å²) >= 11 is 5.34. The lowest BCUT2D eigenvalue weighted by molar-refractivity contribution is 0.196. The van der Waals surface area contributed by atoms with Crippen LogP contribution in [0.3, 0.4) is 0 Å². The maximum absolute atomic E-state index is 5.34. The summed E-state index contributed by atoms with van der Waals surface area (Å²) < 4.78 is 5.01. The van der Waals surface area contributed by atoms with Crippen LogP contribution in [0.2, 0.25) is 0 Å². The summed E-state index contributed by atoms with van der Waals surface area (Å²) in [4.78, 5) is 0. The summed E-state index contributed by atoms with van der Waals surface area (Å²) in [5, 5.41) is 7.23. The van der Waals surface area contributed by atoms with E-state index in [-0.39, 0.29) is 0 Å². The molecule has 0 unspecified atom stereocenters. The molecule has 2 N–H and O–H groups in total. The fraction of sp³-hybridized carbons (Fsp3) is 0.533. The van der Waals surface area contributed by atoms with Gasteiger partial charge in [0.25, 0.3) is 0 Å². The van der Waals surface area contributed by atoms with Gasteiger partial charge in [-0.1, -0.05) is 32.0 Å². The first-order valence-corrected chi connectivity index (χ1v) is 7.28. The largest absolute Gasteiger partial charge is 0.385 e. The third-order valence-electron chi connectivity index (χ3n) is 3.05. The molecule has 106 valence electrons. The highest BCUT2D eigenvalue weighted by atomic mass is 32.1. The van der Waals surface area contributed by atoms with E-state index < -0.39 is 0 Å². The van der Waals surface area contributed by atoms with E-state index in [0.29, 0.717) is 5.11 Å². The monoisotopic (exact) mass is 280 g/mol. The fourth-order valence-corrected chi connectivity index (χ4v) is 2.18. The molecule has 1 rings (SSSR count). The molecule has 1 aromatic rings. The van der Waals surface area contributed by atoms with Gasteiger partial charge in [-0.25, -0.2) is 0 Å². The molecule has 0 amide bonds. The van der Waals surface area contributed by atoms with Gasteiger partial charge < -0.3 is 15.4 Å². The van der Waals surface area contributed by atoms with Crippen LogP contribution in [0, 0.1) is 0 Å². The number of para-hydroxylation sites is 1. The average Bonchev–Trinajstić information content (AvgIpc) is 2.43.